The topological polar surface area (TPSA) is 124 Å². The van der Waals surface area contributed by atoms with Crippen LogP contribution < -0.4 is 33.8 Å². The van der Waals surface area contributed by atoms with Gasteiger partial charge < -0.3 is 28.4 Å². The summed E-state index contributed by atoms with van der Waals surface area (Å²) in [5, 5.41) is 0. The van der Waals surface area contributed by atoms with Gasteiger partial charge in [-0.2, -0.15) is 0 Å². The number of ether oxygens (including phenoxy) is 6. The molecule has 5 rings (SSSR count). The number of esters is 2. The van der Waals surface area contributed by atoms with E-state index in [9.17, 15) is 14.4 Å². The van der Waals surface area contributed by atoms with Crippen LogP contribution in [0, 0.1) is 0 Å². The van der Waals surface area contributed by atoms with E-state index in [1.165, 1.54) is 23.0 Å². The van der Waals surface area contributed by atoms with Gasteiger partial charge in [-0.15, -0.1) is 0 Å². The molecule has 2 heterocycles. The number of carbonyl (C=O) groups is 2. The van der Waals surface area contributed by atoms with Gasteiger partial charge in [0.05, 0.1) is 53.8 Å². The van der Waals surface area contributed by atoms with Crippen LogP contribution in [0.1, 0.15) is 43.5 Å². The van der Waals surface area contributed by atoms with Crippen LogP contribution in [0.25, 0.3) is 6.08 Å². The summed E-state index contributed by atoms with van der Waals surface area (Å²) in [6, 6.07) is 17.6. The first-order chi connectivity index (χ1) is 23.7. The Morgan fingerprint density at radius 2 is 1.73 bits per heavy atom. The van der Waals surface area contributed by atoms with E-state index < -0.39 is 18.0 Å². The van der Waals surface area contributed by atoms with E-state index in [1.54, 1.807) is 51.3 Å². The molecule has 1 aliphatic heterocycles. The summed E-state index contributed by atoms with van der Waals surface area (Å²) in [4.78, 5) is 44.4. The lowest BCUT2D eigenvalue weighted by atomic mass is 9.95. The van der Waals surface area contributed by atoms with Crippen LogP contribution in [0.15, 0.2) is 86.2 Å². The second-order valence-electron chi connectivity index (χ2n) is 10.6. The number of methoxy groups -OCH3 is 2. The highest BCUT2D eigenvalue weighted by Gasteiger charge is 2.34. The SMILES string of the molecule is CCOC(=O)C1=C(C)N=c2s/c(=C\c3cc(Br)c(OCc4ccccc4)c(OC)c3)c(=O)n2[C@H]1c1ccc(OCC(=O)OC)c(OCC)c1. The molecule has 11 nitrogen and oxygen atoms in total. The van der Waals surface area contributed by atoms with Crippen LogP contribution in [0.5, 0.6) is 23.0 Å². The van der Waals surface area contributed by atoms with Crippen molar-refractivity contribution in [3.63, 3.8) is 0 Å². The molecule has 49 heavy (non-hydrogen) atoms. The minimum Gasteiger partial charge on any atom is -0.493 e. The minimum absolute atomic E-state index is 0.138. The smallest absolute Gasteiger partial charge is 0.343 e. The summed E-state index contributed by atoms with van der Waals surface area (Å²) in [5.41, 5.74) is 2.53. The Bertz CT molecular complexity index is 2070. The lowest BCUT2D eigenvalue weighted by Crippen LogP contribution is -2.40. The van der Waals surface area contributed by atoms with Gasteiger partial charge in [-0.1, -0.05) is 47.7 Å². The summed E-state index contributed by atoms with van der Waals surface area (Å²) in [6.45, 7) is 5.70. The van der Waals surface area contributed by atoms with Gasteiger partial charge in [0, 0.05) is 0 Å². The first kappa shape index (κ1) is 35.4. The van der Waals surface area contributed by atoms with Crippen molar-refractivity contribution in [2.24, 2.45) is 4.99 Å². The Labute approximate surface area is 295 Å². The number of benzene rings is 3. The minimum atomic E-state index is -0.888. The fraction of sp³-hybridized carbons (Fsp3) is 0.278. The van der Waals surface area contributed by atoms with Gasteiger partial charge in [0.25, 0.3) is 5.56 Å². The van der Waals surface area contributed by atoms with Gasteiger partial charge in [0.15, 0.2) is 34.4 Å². The Balaban J connectivity index is 1.59. The molecular formula is C36H35BrN2O9S. The van der Waals surface area contributed by atoms with Crippen molar-refractivity contribution < 1.29 is 38.0 Å². The monoisotopic (exact) mass is 750 g/mol. The predicted molar refractivity (Wildman–Crippen MR) is 187 cm³/mol. The molecule has 0 amide bonds. The fourth-order valence-electron chi connectivity index (χ4n) is 5.23. The van der Waals surface area contributed by atoms with Crippen molar-refractivity contribution in [1.82, 2.24) is 4.57 Å². The second-order valence-corrected chi connectivity index (χ2v) is 12.5. The lowest BCUT2D eigenvalue weighted by Gasteiger charge is -2.25. The molecule has 1 aliphatic rings. The molecule has 0 fully saturated rings. The van der Waals surface area contributed by atoms with Crippen molar-refractivity contribution in [3.05, 3.63) is 113 Å². The van der Waals surface area contributed by atoms with Gasteiger partial charge in [-0.3, -0.25) is 9.36 Å². The van der Waals surface area contributed by atoms with E-state index in [0.29, 0.717) is 66.8 Å². The van der Waals surface area contributed by atoms with E-state index in [-0.39, 0.29) is 24.3 Å². The summed E-state index contributed by atoms with van der Waals surface area (Å²) < 4.78 is 35.9. The van der Waals surface area contributed by atoms with E-state index in [1.807, 2.05) is 43.3 Å². The molecule has 13 heteroatoms. The third-order valence-electron chi connectivity index (χ3n) is 7.45. The average molecular weight is 752 g/mol. The normalized spacial score (nSPS) is 14.1. The highest BCUT2D eigenvalue weighted by molar-refractivity contribution is 9.10. The molecule has 1 aromatic heterocycles. The first-order valence-corrected chi connectivity index (χ1v) is 17.0. The molecule has 0 N–H and O–H groups in total. The highest BCUT2D eigenvalue weighted by atomic mass is 79.9. The Morgan fingerprint density at radius 1 is 0.959 bits per heavy atom. The highest BCUT2D eigenvalue weighted by Crippen LogP contribution is 2.38. The number of halogens is 1. The summed E-state index contributed by atoms with van der Waals surface area (Å²) >= 11 is 4.80. The molecule has 0 radical (unpaired) electrons. The van der Waals surface area contributed by atoms with Crippen LogP contribution >= 0.6 is 27.3 Å². The van der Waals surface area contributed by atoms with Gasteiger partial charge in [-0.25, -0.2) is 14.6 Å². The molecule has 4 aromatic rings. The lowest BCUT2D eigenvalue weighted by molar-refractivity contribution is -0.143. The number of aromatic nitrogens is 1. The molecule has 0 aliphatic carbocycles. The number of thiazole rings is 1. The molecule has 1 atom stereocenters. The van der Waals surface area contributed by atoms with E-state index >= 15 is 0 Å². The number of hydrogen-bond acceptors (Lipinski definition) is 11. The van der Waals surface area contributed by atoms with Gasteiger partial charge in [0.2, 0.25) is 0 Å². The number of rotatable bonds is 13. The molecule has 0 saturated carbocycles. The predicted octanol–water partition coefficient (Wildman–Crippen LogP) is 5.10. The summed E-state index contributed by atoms with van der Waals surface area (Å²) in [6.07, 6.45) is 1.74. The molecule has 0 spiro atoms. The van der Waals surface area contributed by atoms with E-state index in [2.05, 4.69) is 25.7 Å². The van der Waals surface area contributed by atoms with Crippen molar-refractivity contribution in [3.8, 4) is 23.0 Å². The zero-order valence-electron chi connectivity index (χ0n) is 27.6. The van der Waals surface area contributed by atoms with E-state index in [0.717, 1.165) is 5.56 Å². The third kappa shape index (κ3) is 7.89. The number of hydrogen-bond donors (Lipinski definition) is 0. The van der Waals surface area contributed by atoms with E-state index in [4.69, 9.17) is 23.7 Å². The standard InChI is InChI=1S/C36H35BrN2O9S/c1-6-45-27-18-24(13-14-26(27)47-20-30(40)44-5)32-31(35(42)46-7-2)21(3)38-36-39(32)34(41)29(49-36)17-23-15-25(37)33(28(16-23)43-4)48-19-22-11-9-8-10-12-22/h8-18,32H,6-7,19-20H2,1-5H3/b29-17-/t32-/m0/s1. The van der Waals surface area contributed by atoms with Crippen molar-refractivity contribution in [2.45, 2.75) is 33.4 Å². The maximum atomic E-state index is 14.2. The molecule has 0 saturated heterocycles. The molecule has 0 bridgehead atoms. The zero-order valence-corrected chi connectivity index (χ0v) is 30.0. The van der Waals surface area contributed by atoms with Crippen LogP contribution in [-0.2, 0) is 25.7 Å². The van der Waals surface area contributed by atoms with Crippen LogP contribution in [-0.4, -0.2) is 50.5 Å². The van der Waals surface area contributed by atoms with Crippen LogP contribution in [0.3, 0.4) is 0 Å². The number of carbonyl (C=O) groups excluding carboxylic acids is 2. The van der Waals surface area contributed by atoms with Gasteiger partial charge in [-0.05, 0) is 83.7 Å². The van der Waals surface area contributed by atoms with Crippen molar-refractivity contribution in [2.75, 3.05) is 34.0 Å². The maximum Gasteiger partial charge on any atom is 0.343 e. The Morgan fingerprint density at radius 3 is 2.43 bits per heavy atom. The summed E-state index contributed by atoms with van der Waals surface area (Å²) in [7, 11) is 2.82. The molecule has 0 unspecified atom stereocenters. The van der Waals surface area contributed by atoms with Gasteiger partial charge in [0.1, 0.15) is 6.61 Å². The summed E-state index contributed by atoms with van der Waals surface area (Å²) in [5.74, 6) is 0.505. The molecule has 3 aromatic carbocycles. The number of fused-ring (bicyclic) bond motifs is 1. The van der Waals surface area contributed by atoms with Crippen LogP contribution in [0.2, 0.25) is 0 Å². The van der Waals surface area contributed by atoms with Gasteiger partial charge >= 0.3 is 11.9 Å². The molecular weight excluding hydrogens is 716 g/mol. The number of allylic oxidation sites excluding steroid dienone is 1. The quantitative estimate of drug-likeness (QED) is 0.172. The largest absolute Gasteiger partial charge is 0.493 e. The average Bonchev–Trinajstić information content (AvgIpc) is 3.40. The fourth-order valence-corrected chi connectivity index (χ4v) is 6.85. The number of nitrogens with zero attached hydrogens (tertiary/aromatic N) is 2. The zero-order chi connectivity index (χ0) is 35.1. The van der Waals surface area contributed by atoms with Crippen molar-refractivity contribution in [1.29, 1.82) is 0 Å². The Hall–Kier alpha value is -4.88. The van der Waals surface area contributed by atoms with Crippen molar-refractivity contribution >= 4 is 45.3 Å². The Kier molecular flexibility index (Phi) is 11.6. The molecule has 256 valence electrons. The second kappa shape index (κ2) is 16.0. The van der Waals surface area contributed by atoms with Crippen LogP contribution in [0.4, 0.5) is 0 Å². The maximum absolute atomic E-state index is 14.2. The third-order valence-corrected chi connectivity index (χ3v) is 9.02. The first-order valence-electron chi connectivity index (χ1n) is 15.4.